The SMILES string of the molecule is CCCn1ncc(N(C)C2CCCCC2CN)c(Cl)c1=O. The van der Waals surface area contributed by atoms with Crippen LogP contribution in [0.15, 0.2) is 11.0 Å². The lowest BCUT2D eigenvalue weighted by Crippen LogP contribution is -2.44. The van der Waals surface area contributed by atoms with Crippen molar-refractivity contribution in [2.75, 3.05) is 18.5 Å². The first-order valence-corrected chi connectivity index (χ1v) is 8.16. The Labute approximate surface area is 131 Å². The van der Waals surface area contributed by atoms with Gasteiger partial charge in [-0.05, 0) is 31.7 Å². The minimum atomic E-state index is -0.206. The third kappa shape index (κ3) is 3.40. The van der Waals surface area contributed by atoms with Gasteiger partial charge in [0.2, 0.25) is 0 Å². The largest absolute Gasteiger partial charge is 0.369 e. The highest BCUT2D eigenvalue weighted by Crippen LogP contribution is 2.32. The van der Waals surface area contributed by atoms with E-state index in [-0.39, 0.29) is 10.6 Å². The van der Waals surface area contributed by atoms with Gasteiger partial charge < -0.3 is 10.6 Å². The van der Waals surface area contributed by atoms with Crippen molar-refractivity contribution in [3.05, 3.63) is 21.6 Å². The number of aromatic nitrogens is 2. The Balaban J connectivity index is 2.28. The number of nitrogens with two attached hydrogens (primary N) is 1. The van der Waals surface area contributed by atoms with Crippen molar-refractivity contribution in [2.45, 2.75) is 51.6 Å². The molecule has 1 fully saturated rings. The molecule has 0 aromatic carbocycles. The summed E-state index contributed by atoms with van der Waals surface area (Å²) >= 11 is 6.29. The molecule has 1 aromatic rings. The number of aryl methyl sites for hydroxylation is 1. The molecule has 1 aliphatic rings. The molecule has 0 aliphatic heterocycles. The zero-order chi connectivity index (χ0) is 15.4. The van der Waals surface area contributed by atoms with Crippen LogP contribution >= 0.6 is 11.6 Å². The monoisotopic (exact) mass is 312 g/mol. The molecule has 0 radical (unpaired) electrons. The van der Waals surface area contributed by atoms with Gasteiger partial charge in [-0.25, -0.2) is 4.68 Å². The average molecular weight is 313 g/mol. The molecule has 1 aromatic heterocycles. The number of anilines is 1. The summed E-state index contributed by atoms with van der Waals surface area (Å²) in [5.41, 5.74) is 6.42. The molecule has 0 spiro atoms. The van der Waals surface area contributed by atoms with Crippen molar-refractivity contribution in [1.29, 1.82) is 0 Å². The van der Waals surface area contributed by atoms with Crippen LogP contribution < -0.4 is 16.2 Å². The Morgan fingerprint density at radius 1 is 1.48 bits per heavy atom. The fourth-order valence-corrected chi connectivity index (χ4v) is 3.50. The quantitative estimate of drug-likeness (QED) is 0.906. The Morgan fingerprint density at radius 2 is 2.19 bits per heavy atom. The van der Waals surface area contributed by atoms with Crippen LogP contribution in [0.3, 0.4) is 0 Å². The van der Waals surface area contributed by atoms with Gasteiger partial charge in [0.25, 0.3) is 5.56 Å². The Morgan fingerprint density at radius 3 is 2.86 bits per heavy atom. The van der Waals surface area contributed by atoms with Gasteiger partial charge in [0.15, 0.2) is 0 Å². The second kappa shape index (κ2) is 7.27. The smallest absolute Gasteiger partial charge is 0.287 e. The molecular weight excluding hydrogens is 288 g/mol. The maximum Gasteiger partial charge on any atom is 0.287 e. The minimum Gasteiger partial charge on any atom is -0.369 e. The lowest BCUT2D eigenvalue weighted by molar-refractivity contribution is 0.306. The summed E-state index contributed by atoms with van der Waals surface area (Å²) in [5, 5.41) is 4.51. The summed E-state index contributed by atoms with van der Waals surface area (Å²) < 4.78 is 1.43. The normalized spacial score (nSPS) is 22.3. The lowest BCUT2D eigenvalue weighted by atomic mass is 9.83. The number of hydrogen-bond acceptors (Lipinski definition) is 4. The van der Waals surface area contributed by atoms with Crippen molar-refractivity contribution >= 4 is 17.3 Å². The molecule has 0 bridgehead atoms. The highest BCUT2D eigenvalue weighted by atomic mass is 35.5. The van der Waals surface area contributed by atoms with Crippen molar-refractivity contribution in [1.82, 2.24) is 9.78 Å². The molecule has 5 nitrogen and oxygen atoms in total. The first kappa shape index (κ1) is 16.3. The van der Waals surface area contributed by atoms with Crippen molar-refractivity contribution in [3.63, 3.8) is 0 Å². The van der Waals surface area contributed by atoms with E-state index in [1.54, 1.807) is 6.20 Å². The number of rotatable bonds is 5. The first-order chi connectivity index (χ1) is 10.1. The van der Waals surface area contributed by atoms with Crippen LogP contribution in [-0.2, 0) is 6.54 Å². The second-order valence-electron chi connectivity index (χ2n) is 5.83. The highest BCUT2D eigenvalue weighted by Gasteiger charge is 2.29. The molecular formula is C15H25ClN4O. The van der Waals surface area contributed by atoms with E-state index in [1.807, 2.05) is 14.0 Å². The van der Waals surface area contributed by atoms with Crippen LogP contribution in [-0.4, -0.2) is 29.4 Å². The lowest BCUT2D eigenvalue weighted by Gasteiger charge is -2.38. The topological polar surface area (TPSA) is 64.2 Å². The third-order valence-corrected chi connectivity index (χ3v) is 4.81. The van der Waals surface area contributed by atoms with Gasteiger partial charge in [-0.1, -0.05) is 31.4 Å². The Hall–Kier alpha value is -1.07. The van der Waals surface area contributed by atoms with Crippen LogP contribution in [0, 0.1) is 5.92 Å². The van der Waals surface area contributed by atoms with Crippen LogP contribution in [0.5, 0.6) is 0 Å². The summed E-state index contributed by atoms with van der Waals surface area (Å²) in [4.78, 5) is 14.3. The predicted octanol–water partition coefficient (Wildman–Crippen LogP) is 2.26. The van der Waals surface area contributed by atoms with E-state index in [1.165, 1.54) is 17.5 Å². The predicted molar refractivity (Wildman–Crippen MR) is 87.0 cm³/mol. The highest BCUT2D eigenvalue weighted by molar-refractivity contribution is 6.33. The molecule has 2 rings (SSSR count). The zero-order valence-electron chi connectivity index (χ0n) is 12.9. The molecule has 1 heterocycles. The molecule has 2 N–H and O–H groups in total. The van der Waals surface area contributed by atoms with E-state index in [4.69, 9.17) is 17.3 Å². The summed E-state index contributed by atoms with van der Waals surface area (Å²) in [6.45, 7) is 3.28. The van der Waals surface area contributed by atoms with Gasteiger partial charge in [0, 0.05) is 19.6 Å². The molecule has 118 valence electrons. The summed E-state index contributed by atoms with van der Waals surface area (Å²) in [7, 11) is 1.99. The van der Waals surface area contributed by atoms with E-state index in [0.717, 1.165) is 24.9 Å². The average Bonchev–Trinajstić information content (AvgIpc) is 2.51. The van der Waals surface area contributed by atoms with Gasteiger partial charge in [-0.2, -0.15) is 5.10 Å². The molecule has 2 unspecified atom stereocenters. The fourth-order valence-electron chi connectivity index (χ4n) is 3.22. The second-order valence-corrected chi connectivity index (χ2v) is 6.21. The number of nitrogens with zero attached hydrogens (tertiary/aromatic N) is 3. The zero-order valence-corrected chi connectivity index (χ0v) is 13.6. The molecule has 21 heavy (non-hydrogen) atoms. The molecule has 1 aliphatic carbocycles. The molecule has 6 heteroatoms. The van der Waals surface area contributed by atoms with E-state index >= 15 is 0 Å². The fraction of sp³-hybridized carbons (Fsp3) is 0.733. The standard InChI is InChI=1S/C15H25ClN4O/c1-3-8-20-15(21)14(16)13(10-18-20)19(2)12-7-5-4-6-11(12)9-17/h10-12H,3-9,17H2,1-2H3. The van der Waals surface area contributed by atoms with Crippen molar-refractivity contribution in [2.24, 2.45) is 11.7 Å². The minimum absolute atomic E-state index is 0.206. The van der Waals surface area contributed by atoms with E-state index in [0.29, 0.717) is 25.0 Å². The summed E-state index contributed by atoms with van der Waals surface area (Å²) in [6, 6.07) is 0.337. The Bertz CT molecular complexity index is 531. The van der Waals surface area contributed by atoms with E-state index < -0.39 is 0 Å². The van der Waals surface area contributed by atoms with Gasteiger partial charge in [0.1, 0.15) is 5.02 Å². The maximum atomic E-state index is 12.2. The van der Waals surface area contributed by atoms with Crippen molar-refractivity contribution in [3.8, 4) is 0 Å². The summed E-state index contributed by atoms with van der Waals surface area (Å²) in [5.74, 6) is 0.456. The maximum absolute atomic E-state index is 12.2. The van der Waals surface area contributed by atoms with Gasteiger partial charge in [-0.15, -0.1) is 0 Å². The Kier molecular flexibility index (Phi) is 5.65. The van der Waals surface area contributed by atoms with Crippen LogP contribution in [0.25, 0.3) is 0 Å². The first-order valence-electron chi connectivity index (χ1n) is 7.78. The van der Waals surface area contributed by atoms with Crippen LogP contribution in [0.1, 0.15) is 39.0 Å². The van der Waals surface area contributed by atoms with Gasteiger partial charge in [0.05, 0.1) is 11.9 Å². The number of halogens is 1. The van der Waals surface area contributed by atoms with Crippen molar-refractivity contribution < 1.29 is 0 Å². The van der Waals surface area contributed by atoms with Gasteiger partial charge in [-0.3, -0.25) is 4.79 Å². The molecule has 2 atom stereocenters. The number of hydrogen-bond donors (Lipinski definition) is 1. The molecule has 0 amide bonds. The third-order valence-electron chi connectivity index (χ3n) is 4.45. The van der Waals surface area contributed by atoms with Gasteiger partial charge >= 0.3 is 0 Å². The van der Waals surface area contributed by atoms with E-state index in [2.05, 4.69) is 10.00 Å². The van der Waals surface area contributed by atoms with Crippen LogP contribution in [0.2, 0.25) is 5.02 Å². The van der Waals surface area contributed by atoms with E-state index in [9.17, 15) is 4.79 Å². The van der Waals surface area contributed by atoms with Crippen LogP contribution in [0.4, 0.5) is 5.69 Å². The molecule has 1 saturated carbocycles. The summed E-state index contributed by atoms with van der Waals surface area (Å²) in [6.07, 6.45) is 7.23. The molecule has 0 saturated heterocycles.